The van der Waals surface area contributed by atoms with Crippen molar-refractivity contribution in [1.82, 2.24) is 14.8 Å². The van der Waals surface area contributed by atoms with Gasteiger partial charge in [0.15, 0.2) is 5.82 Å². The summed E-state index contributed by atoms with van der Waals surface area (Å²) < 4.78 is 2.06. The topological polar surface area (TPSA) is 68.8 Å². The maximum absolute atomic E-state index is 5.50. The highest BCUT2D eigenvalue weighted by molar-refractivity contribution is 5.28. The SMILES string of the molecule is CCC1C(C)CNc2nc(CCCN)nn21. The fourth-order valence-electron chi connectivity index (χ4n) is 2.29. The normalized spacial score (nSPS) is 23.9. The molecule has 2 heterocycles. The molecule has 0 aliphatic carbocycles. The summed E-state index contributed by atoms with van der Waals surface area (Å²) in [6.07, 6.45) is 2.94. The van der Waals surface area contributed by atoms with Gasteiger partial charge in [0.05, 0.1) is 6.04 Å². The second-order valence-electron chi connectivity index (χ2n) is 4.52. The molecule has 5 nitrogen and oxygen atoms in total. The molecule has 0 spiro atoms. The van der Waals surface area contributed by atoms with E-state index >= 15 is 0 Å². The van der Waals surface area contributed by atoms with Gasteiger partial charge in [-0.05, 0) is 25.3 Å². The molecule has 2 atom stereocenters. The Morgan fingerprint density at radius 1 is 1.56 bits per heavy atom. The number of nitrogens with two attached hydrogens (primary N) is 1. The predicted molar refractivity (Wildman–Crippen MR) is 64.4 cm³/mol. The van der Waals surface area contributed by atoms with E-state index in [1.807, 2.05) is 0 Å². The quantitative estimate of drug-likeness (QED) is 0.804. The molecule has 1 aromatic rings. The first-order valence-electron chi connectivity index (χ1n) is 6.15. The Morgan fingerprint density at radius 2 is 2.38 bits per heavy atom. The molecule has 0 bridgehead atoms. The van der Waals surface area contributed by atoms with Crippen molar-refractivity contribution in [2.45, 2.75) is 39.2 Å². The van der Waals surface area contributed by atoms with Gasteiger partial charge in [-0.2, -0.15) is 10.1 Å². The van der Waals surface area contributed by atoms with Gasteiger partial charge in [0, 0.05) is 13.0 Å². The van der Waals surface area contributed by atoms with E-state index in [4.69, 9.17) is 5.73 Å². The van der Waals surface area contributed by atoms with Crippen LogP contribution in [0.2, 0.25) is 0 Å². The van der Waals surface area contributed by atoms with Gasteiger partial charge in [-0.15, -0.1) is 0 Å². The van der Waals surface area contributed by atoms with E-state index in [0.29, 0.717) is 18.5 Å². The Hall–Kier alpha value is -1.10. The fourth-order valence-corrected chi connectivity index (χ4v) is 2.29. The lowest BCUT2D eigenvalue weighted by Crippen LogP contribution is -2.31. The van der Waals surface area contributed by atoms with Crippen LogP contribution < -0.4 is 11.1 Å². The van der Waals surface area contributed by atoms with Crippen molar-refractivity contribution < 1.29 is 0 Å². The van der Waals surface area contributed by atoms with E-state index < -0.39 is 0 Å². The van der Waals surface area contributed by atoms with Crippen molar-refractivity contribution in [3.8, 4) is 0 Å². The number of fused-ring (bicyclic) bond motifs is 1. The number of nitrogens with zero attached hydrogens (tertiary/aromatic N) is 3. The number of hydrogen-bond donors (Lipinski definition) is 2. The summed E-state index contributed by atoms with van der Waals surface area (Å²) in [5.41, 5.74) is 5.50. The average molecular weight is 223 g/mol. The van der Waals surface area contributed by atoms with Gasteiger partial charge in [0.1, 0.15) is 0 Å². The van der Waals surface area contributed by atoms with Crippen molar-refractivity contribution in [1.29, 1.82) is 0 Å². The first-order valence-corrected chi connectivity index (χ1v) is 6.15. The highest BCUT2D eigenvalue weighted by Gasteiger charge is 2.27. The van der Waals surface area contributed by atoms with E-state index in [-0.39, 0.29) is 0 Å². The number of aryl methyl sites for hydroxylation is 1. The van der Waals surface area contributed by atoms with Crippen molar-refractivity contribution in [2.75, 3.05) is 18.4 Å². The molecular weight excluding hydrogens is 202 g/mol. The molecule has 1 aliphatic rings. The van der Waals surface area contributed by atoms with Gasteiger partial charge in [-0.3, -0.25) is 0 Å². The monoisotopic (exact) mass is 223 g/mol. The zero-order valence-electron chi connectivity index (χ0n) is 10.1. The van der Waals surface area contributed by atoms with Crippen LogP contribution in [0.4, 0.5) is 5.95 Å². The van der Waals surface area contributed by atoms with Crippen molar-refractivity contribution in [3.05, 3.63) is 5.82 Å². The van der Waals surface area contributed by atoms with Gasteiger partial charge in [0.2, 0.25) is 5.95 Å². The van der Waals surface area contributed by atoms with Crippen LogP contribution >= 0.6 is 0 Å². The molecule has 0 aromatic carbocycles. The molecule has 2 unspecified atom stereocenters. The van der Waals surface area contributed by atoms with Gasteiger partial charge in [-0.25, -0.2) is 4.68 Å². The Morgan fingerprint density at radius 3 is 3.06 bits per heavy atom. The Kier molecular flexibility index (Phi) is 3.43. The van der Waals surface area contributed by atoms with Crippen LogP contribution in [0.5, 0.6) is 0 Å². The Balaban J connectivity index is 2.18. The standard InChI is InChI=1S/C11H21N5/c1-3-9-8(2)7-13-11-14-10(5-4-6-12)15-16(9)11/h8-9H,3-7,12H2,1-2H3,(H,13,14,15). The maximum atomic E-state index is 5.50. The third kappa shape index (κ3) is 2.04. The Bertz CT molecular complexity index is 346. The van der Waals surface area contributed by atoms with E-state index in [0.717, 1.165) is 37.6 Å². The summed E-state index contributed by atoms with van der Waals surface area (Å²) in [5.74, 6) is 2.46. The van der Waals surface area contributed by atoms with Crippen LogP contribution in [0.3, 0.4) is 0 Å². The fraction of sp³-hybridized carbons (Fsp3) is 0.818. The highest BCUT2D eigenvalue weighted by atomic mass is 15.4. The summed E-state index contributed by atoms with van der Waals surface area (Å²) in [5, 5.41) is 7.91. The number of aromatic nitrogens is 3. The lowest BCUT2D eigenvalue weighted by Gasteiger charge is -2.29. The van der Waals surface area contributed by atoms with Crippen LogP contribution in [0.25, 0.3) is 0 Å². The van der Waals surface area contributed by atoms with E-state index in [9.17, 15) is 0 Å². The minimum absolute atomic E-state index is 0.482. The molecule has 0 amide bonds. The van der Waals surface area contributed by atoms with Crippen LogP contribution in [0.1, 0.15) is 38.6 Å². The number of rotatable bonds is 4. The lowest BCUT2D eigenvalue weighted by atomic mass is 9.98. The third-order valence-corrected chi connectivity index (χ3v) is 3.25. The lowest BCUT2D eigenvalue weighted by molar-refractivity contribution is 0.311. The summed E-state index contributed by atoms with van der Waals surface area (Å²) in [7, 11) is 0. The number of hydrogen-bond acceptors (Lipinski definition) is 4. The summed E-state index contributed by atoms with van der Waals surface area (Å²) in [4.78, 5) is 4.51. The van der Waals surface area contributed by atoms with Crippen LogP contribution in [0, 0.1) is 5.92 Å². The Labute approximate surface area is 96.4 Å². The minimum atomic E-state index is 0.482. The number of anilines is 1. The van der Waals surface area contributed by atoms with Gasteiger partial charge in [0.25, 0.3) is 0 Å². The smallest absolute Gasteiger partial charge is 0.221 e. The number of nitrogens with one attached hydrogen (secondary N) is 1. The molecule has 5 heteroatoms. The molecule has 3 N–H and O–H groups in total. The van der Waals surface area contributed by atoms with Crippen molar-refractivity contribution in [3.63, 3.8) is 0 Å². The van der Waals surface area contributed by atoms with Gasteiger partial charge >= 0.3 is 0 Å². The molecule has 0 saturated carbocycles. The van der Waals surface area contributed by atoms with Crippen molar-refractivity contribution >= 4 is 5.95 Å². The van der Waals surface area contributed by atoms with Crippen LogP contribution in [-0.4, -0.2) is 27.9 Å². The molecule has 0 fully saturated rings. The largest absolute Gasteiger partial charge is 0.354 e. The highest BCUT2D eigenvalue weighted by Crippen LogP contribution is 2.28. The first kappa shape index (κ1) is 11.4. The maximum Gasteiger partial charge on any atom is 0.221 e. The molecule has 1 aromatic heterocycles. The second kappa shape index (κ2) is 4.82. The minimum Gasteiger partial charge on any atom is -0.354 e. The van der Waals surface area contributed by atoms with Gasteiger partial charge in [-0.1, -0.05) is 13.8 Å². The molecule has 16 heavy (non-hydrogen) atoms. The second-order valence-corrected chi connectivity index (χ2v) is 4.52. The zero-order chi connectivity index (χ0) is 11.5. The van der Waals surface area contributed by atoms with Crippen LogP contribution in [0.15, 0.2) is 0 Å². The van der Waals surface area contributed by atoms with Crippen LogP contribution in [-0.2, 0) is 6.42 Å². The van der Waals surface area contributed by atoms with Crippen molar-refractivity contribution in [2.24, 2.45) is 11.7 Å². The molecule has 90 valence electrons. The third-order valence-electron chi connectivity index (χ3n) is 3.25. The van der Waals surface area contributed by atoms with E-state index in [1.54, 1.807) is 0 Å². The predicted octanol–water partition coefficient (Wildman–Crippen LogP) is 1.18. The first-order chi connectivity index (χ1) is 7.76. The summed E-state index contributed by atoms with van der Waals surface area (Å²) in [6.45, 7) is 6.15. The summed E-state index contributed by atoms with van der Waals surface area (Å²) >= 11 is 0. The van der Waals surface area contributed by atoms with Gasteiger partial charge < -0.3 is 11.1 Å². The average Bonchev–Trinajstić information content (AvgIpc) is 2.69. The van der Waals surface area contributed by atoms with E-state index in [2.05, 4.69) is 33.9 Å². The molecule has 2 rings (SSSR count). The summed E-state index contributed by atoms with van der Waals surface area (Å²) in [6, 6.07) is 0.482. The molecule has 0 radical (unpaired) electrons. The van der Waals surface area contributed by atoms with E-state index in [1.165, 1.54) is 0 Å². The zero-order valence-corrected chi connectivity index (χ0v) is 10.1. The molecular formula is C11H21N5. The molecule has 0 saturated heterocycles. The molecule has 1 aliphatic heterocycles.